The fourth-order valence-electron chi connectivity index (χ4n) is 3.55. The maximum absolute atomic E-state index is 14.7. The zero-order chi connectivity index (χ0) is 26.5. The minimum absolute atomic E-state index is 0.0868. The predicted molar refractivity (Wildman–Crippen MR) is 118 cm³/mol. The van der Waals surface area contributed by atoms with E-state index in [0.29, 0.717) is 5.69 Å². The molecule has 194 valence electrons. The molecule has 2 aromatic rings. The molecule has 0 aromatic heterocycles. The van der Waals surface area contributed by atoms with Crippen molar-refractivity contribution in [2.24, 2.45) is 4.99 Å². The molecular weight excluding hydrogens is 494 g/mol. The van der Waals surface area contributed by atoms with E-state index in [0.717, 1.165) is 44.3 Å². The molecule has 0 unspecified atom stereocenters. The highest BCUT2D eigenvalue weighted by atomic mass is 19.4. The van der Waals surface area contributed by atoms with Gasteiger partial charge in [0.25, 0.3) is 0 Å². The van der Waals surface area contributed by atoms with Crippen molar-refractivity contribution < 1.29 is 45.7 Å². The summed E-state index contributed by atoms with van der Waals surface area (Å²) in [5, 5.41) is 10.5. The molecular formula is C24H22F6N2O4. The molecule has 1 heterocycles. The lowest BCUT2D eigenvalue weighted by Crippen LogP contribution is -2.20. The Morgan fingerprint density at radius 1 is 1.11 bits per heavy atom. The zero-order valence-electron chi connectivity index (χ0n) is 19.0. The average molecular weight is 516 g/mol. The number of hydrogen-bond acceptors (Lipinski definition) is 6. The number of esters is 1. The molecule has 0 radical (unpaired) electrons. The Morgan fingerprint density at radius 3 is 2.33 bits per heavy atom. The molecule has 0 aliphatic carbocycles. The number of hydrogen-bond donors (Lipinski definition) is 1. The van der Waals surface area contributed by atoms with Gasteiger partial charge in [0.15, 0.2) is 11.6 Å². The quantitative estimate of drug-likeness (QED) is 0.119. The van der Waals surface area contributed by atoms with Crippen LogP contribution in [0.25, 0.3) is 5.76 Å². The van der Waals surface area contributed by atoms with E-state index in [-0.39, 0.29) is 12.7 Å². The van der Waals surface area contributed by atoms with Crippen molar-refractivity contribution in [1.29, 1.82) is 0 Å². The molecule has 0 spiro atoms. The first kappa shape index (κ1) is 27.1. The van der Waals surface area contributed by atoms with Gasteiger partial charge in [-0.25, -0.2) is 13.6 Å². The maximum atomic E-state index is 14.7. The third kappa shape index (κ3) is 6.78. The highest BCUT2D eigenvalue weighted by Gasteiger charge is 2.36. The van der Waals surface area contributed by atoms with E-state index >= 15 is 0 Å². The van der Waals surface area contributed by atoms with Crippen molar-refractivity contribution in [3.05, 3.63) is 64.5 Å². The normalized spacial score (nSPS) is 15.3. The molecule has 0 atom stereocenters. The molecule has 3 rings (SSSR count). The molecule has 1 aliphatic heterocycles. The molecule has 12 heteroatoms. The molecule has 6 nitrogen and oxygen atoms in total. The fraction of sp³-hybridized carbons (Fsp3) is 0.333. The van der Waals surface area contributed by atoms with Gasteiger partial charge in [0.2, 0.25) is 11.6 Å². The first-order chi connectivity index (χ1) is 17.0. The summed E-state index contributed by atoms with van der Waals surface area (Å²) in [7, 11) is 0. The number of aliphatic hydroxyl groups excluding tert-OH is 1. The van der Waals surface area contributed by atoms with Crippen molar-refractivity contribution in [2.75, 3.05) is 19.7 Å². The van der Waals surface area contributed by atoms with Crippen LogP contribution >= 0.6 is 0 Å². The molecule has 0 saturated carbocycles. The third-order valence-electron chi connectivity index (χ3n) is 5.22. The lowest BCUT2D eigenvalue weighted by atomic mass is 10.1. The number of nitrogens with zero attached hydrogens (tertiary/aromatic N) is 2. The molecule has 0 bridgehead atoms. The summed E-state index contributed by atoms with van der Waals surface area (Å²) >= 11 is 0. The van der Waals surface area contributed by atoms with Crippen LogP contribution in [-0.4, -0.2) is 48.2 Å². The average Bonchev–Trinajstić information content (AvgIpc) is 3.33. The van der Waals surface area contributed by atoms with Gasteiger partial charge in [-0.1, -0.05) is 12.1 Å². The SMILES string of the molecule is CCOC(=O)/C(C=Nc1ccc(CN2CCCC2)cc1)=C(\O)c1cc(F)c(F)c(OC(F)(F)F)c1F. The summed E-state index contributed by atoms with van der Waals surface area (Å²) in [6.07, 6.45) is -2.50. The van der Waals surface area contributed by atoms with Crippen molar-refractivity contribution in [1.82, 2.24) is 4.90 Å². The number of alkyl halides is 3. The highest BCUT2D eigenvalue weighted by Crippen LogP contribution is 2.35. The Labute approximate surface area is 202 Å². The molecule has 1 fully saturated rings. The van der Waals surface area contributed by atoms with E-state index in [1.165, 1.54) is 6.92 Å². The minimum atomic E-state index is -5.56. The second-order valence-electron chi connectivity index (χ2n) is 7.80. The van der Waals surface area contributed by atoms with E-state index in [9.17, 15) is 36.2 Å². The topological polar surface area (TPSA) is 71.4 Å². The van der Waals surface area contributed by atoms with Gasteiger partial charge < -0.3 is 14.6 Å². The molecule has 1 saturated heterocycles. The van der Waals surface area contributed by atoms with Crippen LogP contribution < -0.4 is 4.74 Å². The Morgan fingerprint density at radius 2 is 1.75 bits per heavy atom. The summed E-state index contributed by atoms with van der Waals surface area (Å²) in [5.74, 6) is -11.0. The van der Waals surface area contributed by atoms with Crippen molar-refractivity contribution in [3.8, 4) is 5.75 Å². The standard InChI is InChI=1S/C24H22F6N2O4/c1-2-35-23(34)17(12-31-15-7-5-14(6-8-15)13-32-9-3-4-10-32)21(33)16-11-18(25)20(27)22(19(16)26)36-24(28,29)30/h5-8,11-12,33H,2-4,9-10,13H2,1H3/b21-17-,31-12?. The lowest BCUT2D eigenvalue weighted by molar-refractivity contribution is -0.276. The summed E-state index contributed by atoms with van der Waals surface area (Å²) in [4.78, 5) is 18.7. The van der Waals surface area contributed by atoms with Crippen molar-refractivity contribution >= 4 is 23.6 Å². The number of carbonyl (C=O) groups excluding carboxylic acids is 1. The summed E-state index contributed by atoms with van der Waals surface area (Å²) in [6.45, 7) is 4.00. The van der Waals surface area contributed by atoms with Gasteiger partial charge >= 0.3 is 12.3 Å². The Bertz CT molecular complexity index is 1160. The Balaban J connectivity index is 1.97. The van der Waals surface area contributed by atoms with Gasteiger partial charge in [0.1, 0.15) is 11.3 Å². The predicted octanol–water partition coefficient (Wildman–Crippen LogP) is 5.83. The van der Waals surface area contributed by atoms with Crippen LogP contribution in [0, 0.1) is 17.5 Å². The number of carbonyl (C=O) groups is 1. The smallest absolute Gasteiger partial charge is 0.506 e. The number of likely N-dealkylation sites (tertiary alicyclic amines) is 1. The summed E-state index contributed by atoms with van der Waals surface area (Å²) in [5.41, 5.74) is -0.730. The van der Waals surface area contributed by atoms with E-state index in [1.807, 2.05) is 0 Å². The Hall–Kier alpha value is -3.54. The summed E-state index contributed by atoms with van der Waals surface area (Å²) < 4.78 is 88.0. The van der Waals surface area contributed by atoms with Gasteiger partial charge in [-0.2, -0.15) is 4.39 Å². The highest BCUT2D eigenvalue weighted by molar-refractivity contribution is 6.15. The van der Waals surface area contributed by atoms with Crippen LogP contribution in [0.1, 0.15) is 30.9 Å². The number of aliphatic hydroxyl groups is 1. The zero-order valence-corrected chi connectivity index (χ0v) is 19.0. The first-order valence-electron chi connectivity index (χ1n) is 10.9. The number of benzene rings is 2. The van der Waals surface area contributed by atoms with Crippen molar-refractivity contribution in [2.45, 2.75) is 32.7 Å². The van der Waals surface area contributed by atoms with Gasteiger partial charge in [-0.3, -0.25) is 9.89 Å². The van der Waals surface area contributed by atoms with Crippen LogP contribution in [0.4, 0.5) is 32.0 Å². The third-order valence-corrected chi connectivity index (χ3v) is 5.22. The molecule has 2 aromatic carbocycles. The van der Waals surface area contributed by atoms with Crippen LogP contribution in [0.2, 0.25) is 0 Å². The van der Waals surface area contributed by atoms with Gasteiger partial charge in [-0.05, 0) is 56.6 Å². The lowest BCUT2D eigenvalue weighted by Gasteiger charge is -2.14. The monoisotopic (exact) mass is 516 g/mol. The number of ether oxygens (including phenoxy) is 2. The maximum Gasteiger partial charge on any atom is 0.573 e. The molecule has 0 amide bonds. The van der Waals surface area contributed by atoms with Crippen LogP contribution in [0.15, 0.2) is 40.9 Å². The minimum Gasteiger partial charge on any atom is -0.506 e. The first-order valence-corrected chi connectivity index (χ1v) is 10.9. The number of aliphatic imine (C=N–C) groups is 1. The van der Waals surface area contributed by atoms with E-state index < -0.39 is 52.4 Å². The largest absolute Gasteiger partial charge is 0.573 e. The van der Waals surface area contributed by atoms with Gasteiger partial charge in [-0.15, -0.1) is 13.2 Å². The van der Waals surface area contributed by atoms with Crippen LogP contribution in [0.5, 0.6) is 5.75 Å². The van der Waals surface area contributed by atoms with Crippen LogP contribution in [0.3, 0.4) is 0 Å². The van der Waals surface area contributed by atoms with Gasteiger partial charge in [0, 0.05) is 12.8 Å². The molecule has 1 aliphatic rings. The fourth-order valence-corrected chi connectivity index (χ4v) is 3.55. The van der Waals surface area contributed by atoms with E-state index in [2.05, 4.69) is 14.6 Å². The summed E-state index contributed by atoms with van der Waals surface area (Å²) in [6, 6.07) is 6.93. The van der Waals surface area contributed by atoms with Crippen LogP contribution in [-0.2, 0) is 16.1 Å². The number of rotatable bonds is 8. The second-order valence-corrected chi connectivity index (χ2v) is 7.80. The van der Waals surface area contributed by atoms with E-state index in [1.54, 1.807) is 24.3 Å². The molecule has 1 N–H and O–H groups in total. The van der Waals surface area contributed by atoms with E-state index in [4.69, 9.17) is 4.74 Å². The number of halogens is 6. The molecule has 36 heavy (non-hydrogen) atoms. The van der Waals surface area contributed by atoms with Crippen molar-refractivity contribution in [3.63, 3.8) is 0 Å². The van der Waals surface area contributed by atoms with Gasteiger partial charge in [0.05, 0.1) is 17.9 Å². The second kappa shape index (κ2) is 11.5. The Kier molecular flexibility index (Phi) is 8.62.